The second-order valence-corrected chi connectivity index (χ2v) is 4.36. The van der Waals surface area contributed by atoms with E-state index in [4.69, 9.17) is 15.6 Å². The van der Waals surface area contributed by atoms with Crippen LogP contribution in [0.4, 0.5) is 0 Å². The highest BCUT2D eigenvalue weighted by Gasteiger charge is 2.07. The second kappa shape index (κ2) is 5.80. The van der Waals surface area contributed by atoms with Gasteiger partial charge in [0.15, 0.2) is 0 Å². The molecular weight excluding hydrogens is 228 g/mol. The minimum atomic E-state index is -0.157. The first-order chi connectivity index (χ1) is 8.70. The van der Waals surface area contributed by atoms with Gasteiger partial charge in [0, 0.05) is 23.7 Å². The summed E-state index contributed by atoms with van der Waals surface area (Å²) in [4.78, 5) is 4.48. The van der Waals surface area contributed by atoms with Gasteiger partial charge in [-0.25, -0.2) is 4.98 Å². The predicted molar refractivity (Wildman–Crippen MR) is 71.7 cm³/mol. The Kier molecular flexibility index (Phi) is 4.12. The molecule has 3 N–H and O–H groups in total. The van der Waals surface area contributed by atoms with Crippen LogP contribution in [0.3, 0.4) is 0 Å². The van der Waals surface area contributed by atoms with Crippen LogP contribution in [0.15, 0.2) is 30.3 Å². The lowest BCUT2D eigenvalue weighted by Gasteiger charge is -2.13. The van der Waals surface area contributed by atoms with Gasteiger partial charge in [0.25, 0.3) is 0 Å². The second-order valence-electron chi connectivity index (χ2n) is 4.36. The van der Waals surface area contributed by atoms with Gasteiger partial charge in [-0.05, 0) is 25.5 Å². The molecule has 0 saturated carbocycles. The number of aromatic nitrogens is 1. The third kappa shape index (κ3) is 2.97. The van der Waals surface area contributed by atoms with Gasteiger partial charge < -0.3 is 15.6 Å². The summed E-state index contributed by atoms with van der Waals surface area (Å²) in [5, 5.41) is 9.84. The Morgan fingerprint density at radius 3 is 2.94 bits per heavy atom. The highest BCUT2D eigenvalue weighted by Crippen LogP contribution is 2.23. The number of hydrogen-bond donors (Lipinski definition) is 2. The van der Waals surface area contributed by atoms with E-state index in [0.29, 0.717) is 13.0 Å². The lowest BCUT2D eigenvalue weighted by molar-refractivity contribution is 0.234. The molecule has 96 valence electrons. The fourth-order valence-corrected chi connectivity index (χ4v) is 1.78. The largest absolute Gasteiger partial charge is 0.490 e. The van der Waals surface area contributed by atoms with Crippen molar-refractivity contribution in [3.05, 3.63) is 36.0 Å². The molecule has 2 rings (SSSR count). The standard InChI is InChI=1S/C14H18N2O2/c1-10-5-6-11-3-2-4-13(14(11)16-10)18-9-12(15)7-8-17/h2-6,12,17H,7-9,15H2,1H3. The lowest BCUT2D eigenvalue weighted by atomic mass is 10.2. The monoisotopic (exact) mass is 246 g/mol. The third-order valence-corrected chi connectivity index (χ3v) is 2.78. The molecule has 0 spiro atoms. The number of para-hydroxylation sites is 1. The van der Waals surface area contributed by atoms with Gasteiger partial charge >= 0.3 is 0 Å². The topological polar surface area (TPSA) is 68.4 Å². The van der Waals surface area contributed by atoms with E-state index in [1.165, 1.54) is 0 Å². The molecule has 1 heterocycles. The van der Waals surface area contributed by atoms with E-state index >= 15 is 0 Å². The number of pyridine rings is 1. The fourth-order valence-electron chi connectivity index (χ4n) is 1.78. The fraction of sp³-hybridized carbons (Fsp3) is 0.357. The Morgan fingerprint density at radius 2 is 2.17 bits per heavy atom. The average Bonchev–Trinajstić information content (AvgIpc) is 2.36. The lowest BCUT2D eigenvalue weighted by Crippen LogP contribution is -2.28. The third-order valence-electron chi connectivity index (χ3n) is 2.78. The van der Waals surface area contributed by atoms with Crippen LogP contribution in [0, 0.1) is 6.92 Å². The molecule has 0 radical (unpaired) electrons. The average molecular weight is 246 g/mol. The molecule has 1 aromatic heterocycles. The van der Waals surface area contributed by atoms with Crippen molar-refractivity contribution in [2.24, 2.45) is 5.73 Å². The predicted octanol–water partition coefficient (Wildman–Crippen LogP) is 1.63. The van der Waals surface area contributed by atoms with Crippen LogP contribution in [-0.2, 0) is 0 Å². The maximum absolute atomic E-state index is 8.79. The van der Waals surface area contributed by atoms with Crippen molar-refractivity contribution in [2.75, 3.05) is 13.2 Å². The van der Waals surface area contributed by atoms with Crippen LogP contribution >= 0.6 is 0 Å². The number of hydrogen-bond acceptors (Lipinski definition) is 4. The summed E-state index contributed by atoms with van der Waals surface area (Å²) in [6.07, 6.45) is 0.539. The van der Waals surface area contributed by atoms with Crippen molar-refractivity contribution in [3.8, 4) is 5.75 Å². The number of aryl methyl sites for hydroxylation is 1. The molecule has 1 aromatic carbocycles. The van der Waals surface area contributed by atoms with Gasteiger partial charge in [-0.3, -0.25) is 0 Å². The van der Waals surface area contributed by atoms with Gasteiger partial charge in [-0.2, -0.15) is 0 Å². The molecule has 0 aliphatic heterocycles. The number of aliphatic hydroxyl groups is 1. The molecule has 0 aliphatic carbocycles. The Morgan fingerprint density at radius 1 is 1.33 bits per heavy atom. The van der Waals surface area contributed by atoms with E-state index in [2.05, 4.69) is 4.98 Å². The zero-order valence-electron chi connectivity index (χ0n) is 10.5. The van der Waals surface area contributed by atoms with E-state index in [9.17, 15) is 0 Å². The number of rotatable bonds is 5. The van der Waals surface area contributed by atoms with Crippen molar-refractivity contribution in [1.29, 1.82) is 0 Å². The maximum Gasteiger partial charge on any atom is 0.145 e. The first kappa shape index (κ1) is 12.8. The van der Waals surface area contributed by atoms with Crippen molar-refractivity contribution in [2.45, 2.75) is 19.4 Å². The molecular formula is C14H18N2O2. The number of ether oxygens (including phenoxy) is 1. The summed E-state index contributed by atoms with van der Waals surface area (Å²) in [7, 11) is 0. The molecule has 0 bridgehead atoms. The van der Waals surface area contributed by atoms with Gasteiger partial charge in [0.2, 0.25) is 0 Å². The summed E-state index contributed by atoms with van der Waals surface area (Å²) in [5.74, 6) is 0.740. The van der Waals surface area contributed by atoms with Gasteiger partial charge in [-0.15, -0.1) is 0 Å². The summed E-state index contributed by atoms with van der Waals surface area (Å²) in [6, 6.07) is 9.67. The van der Waals surface area contributed by atoms with Crippen molar-refractivity contribution >= 4 is 10.9 Å². The zero-order chi connectivity index (χ0) is 13.0. The molecule has 0 fully saturated rings. The van der Waals surface area contributed by atoms with E-state index in [0.717, 1.165) is 22.3 Å². The van der Waals surface area contributed by atoms with Crippen LogP contribution in [0.1, 0.15) is 12.1 Å². The summed E-state index contributed by atoms with van der Waals surface area (Å²) in [6.45, 7) is 2.42. The smallest absolute Gasteiger partial charge is 0.145 e. The molecule has 1 unspecified atom stereocenters. The van der Waals surface area contributed by atoms with Gasteiger partial charge in [0.05, 0.1) is 0 Å². The number of benzene rings is 1. The van der Waals surface area contributed by atoms with Crippen LogP contribution in [-0.4, -0.2) is 29.3 Å². The zero-order valence-corrected chi connectivity index (χ0v) is 10.5. The molecule has 1 atom stereocenters. The first-order valence-corrected chi connectivity index (χ1v) is 6.06. The Hall–Kier alpha value is -1.65. The number of fused-ring (bicyclic) bond motifs is 1. The normalized spacial score (nSPS) is 12.6. The van der Waals surface area contributed by atoms with E-state index in [1.54, 1.807) is 0 Å². The van der Waals surface area contributed by atoms with Crippen LogP contribution in [0.5, 0.6) is 5.75 Å². The maximum atomic E-state index is 8.79. The Labute approximate surface area is 106 Å². The molecule has 2 aromatic rings. The van der Waals surface area contributed by atoms with Crippen LogP contribution in [0.25, 0.3) is 10.9 Å². The van der Waals surface area contributed by atoms with E-state index in [1.807, 2.05) is 37.3 Å². The van der Waals surface area contributed by atoms with E-state index < -0.39 is 0 Å². The number of nitrogens with two attached hydrogens (primary N) is 1. The van der Waals surface area contributed by atoms with Gasteiger partial charge in [-0.1, -0.05) is 18.2 Å². The number of aliphatic hydroxyl groups excluding tert-OH is 1. The van der Waals surface area contributed by atoms with Crippen molar-refractivity contribution in [3.63, 3.8) is 0 Å². The first-order valence-electron chi connectivity index (χ1n) is 6.06. The summed E-state index contributed by atoms with van der Waals surface area (Å²) in [5.41, 5.74) is 7.61. The van der Waals surface area contributed by atoms with Crippen molar-refractivity contribution < 1.29 is 9.84 Å². The highest BCUT2D eigenvalue weighted by molar-refractivity contribution is 5.84. The molecule has 0 aliphatic rings. The van der Waals surface area contributed by atoms with E-state index in [-0.39, 0.29) is 12.6 Å². The Bertz CT molecular complexity index is 528. The Balaban J connectivity index is 2.19. The minimum absolute atomic E-state index is 0.0808. The van der Waals surface area contributed by atoms with Crippen LogP contribution in [0.2, 0.25) is 0 Å². The quantitative estimate of drug-likeness (QED) is 0.841. The van der Waals surface area contributed by atoms with Crippen LogP contribution < -0.4 is 10.5 Å². The molecule has 18 heavy (non-hydrogen) atoms. The molecule has 0 amide bonds. The van der Waals surface area contributed by atoms with Crippen molar-refractivity contribution in [1.82, 2.24) is 4.98 Å². The summed E-state index contributed by atoms with van der Waals surface area (Å²) < 4.78 is 5.69. The molecule has 4 heteroatoms. The summed E-state index contributed by atoms with van der Waals surface area (Å²) >= 11 is 0. The molecule has 0 saturated heterocycles. The minimum Gasteiger partial charge on any atom is -0.490 e. The SMILES string of the molecule is Cc1ccc2cccc(OCC(N)CCO)c2n1. The molecule has 4 nitrogen and oxygen atoms in total. The van der Waals surface area contributed by atoms with Gasteiger partial charge in [0.1, 0.15) is 17.9 Å². The highest BCUT2D eigenvalue weighted by atomic mass is 16.5. The number of nitrogens with zero attached hydrogens (tertiary/aromatic N) is 1.